The molecule has 0 radical (unpaired) electrons. The van der Waals surface area contributed by atoms with E-state index in [1.54, 1.807) is 24.1 Å². The Hall–Kier alpha value is -2.59. The lowest BCUT2D eigenvalue weighted by Gasteiger charge is -2.31. The molecule has 0 aromatic heterocycles. The Labute approximate surface area is 201 Å². The topological polar surface area (TPSA) is 86.7 Å². The van der Waals surface area contributed by atoms with Gasteiger partial charge in [-0.05, 0) is 29.8 Å². The SMILES string of the molecule is C=CCOC(=O)N(Cc1ccc(Br)cc1)[C@H]1c2ccc(OCOCCOC)cc2O[C@@H]1CO. The Balaban J connectivity index is 1.82. The number of nitrogens with zero attached hydrogens (tertiary/aromatic N) is 1. The quantitative estimate of drug-likeness (QED) is 0.256. The maximum Gasteiger partial charge on any atom is 0.411 e. The Morgan fingerprint density at radius 2 is 2.03 bits per heavy atom. The first kappa shape index (κ1) is 25.0. The minimum Gasteiger partial charge on any atom is -0.485 e. The van der Waals surface area contributed by atoms with Crippen LogP contribution in [-0.2, 0) is 20.8 Å². The van der Waals surface area contributed by atoms with Gasteiger partial charge in [-0.25, -0.2) is 4.79 Å². The number of fused-ring (bicyclic) bond motifs is 1. The van der Waals surface area contributed by atoms with Crippen LogP contribution in [0.4, 0.5) is 4.79 Å². The van der Waals surface area contributed by atoms with Crippen LogP contribution in [0.15, 0.2) is 59.6 Å². The van der Waals surface area contributed by atoms with Gasteiger partial charge in [0.2, 0.25) is 0 Å². The predicted octanol–water partition coefficient (Wildman–Crippen LogP) is 4.07. The molecule has 1 aliphatic rings. The van der Waals surface area contributed by atoms with E-state index in [9.17, 15) is 9.90 Å². The molecule has 3 rings (SSSR count). The number of halogens is 1. The van der Waals surface area contributed by atoms with Gasteiger partial charge in [0.1, 0.15) is 30.3 Å². The summed E-state index contributed by atoms with van der Waals surface area (Å²) in [6, 6.07) is 12.4. The van der Waals surface area contributed by atoms with E-state index in [1.165, 1.54) is 6.08 Å². The second kappa shape index (κ2) is 12.6. The van der Waals surface area contributed by atoms with Crippen LogP contribution in [0.25, 0.3) is 0 Å². The summed E-state index contributed by atoms with van der Waals surface area (Å²) in [5.74, 6) is 1.09. The van der Waals surface area contributed by atoms with Crippen molar-refractivity contribution in [3.63, 3.8) is 0 Å². The van der Waals surface area contributed by atoms with Gasteiger partial charge >= 0.3 is 6.09 Å². The molecule has 1 aliphatic heterocycles. The number of methoxy groups -OCH3 is 1. The Bertz CT molecular complexity index is 922. The van der Waals surface area contributed by atoms with E-state index in [-0.39, 0.29) is 26.6 Å². The van der Waals surface area contributed by atoms with E-state index in [1.807, 2.05) is 30.3 Å². The van der Waals surface area contributed by atoms with Gasteiger partial charge < -0.3 is 28.8 Å². The average Bonchev–Trinajstić information content (AvgIpc) is 3.19. The van der Waals surface area contributed by atoms with Gasteiger partial charge in [-0.15, -0.1) is 0 Å². The molecule has 0 unspecified atom stereocenters. The highest BCUT2D eigenvalue weighted by atomic mass is 79.9. The molecule has 8 nitrogen and oxygen atoms in total. The summed E-state index contributed by atoms with van der Waals surface area (Å²) in [6.45, 7) is 4.65. The summed E-state index contributed by atoms with van der Waals surface area (Å²) in [6.07, 6.45) is 0.334. The van der Waals surface area contributed by atoms with Gasteiger partial charge in [-0.3, -0.25) is 4.90 Å². The molecule has 0 aliphatic carbocycles. The third-order valence-corrected chi connectivity index (χ3v) is 5.54. The van der Waals surface area contributed by atoms with Crippen molar-refractivity contribution in [2.75, 3.05) is 40.3 Å². The number of aliphatic hydroxyl groups is 1. The smallest absolute Gasteiger partial charge is 0.411 e. The van der Waals surface area contributed by atoms with Crippen LogP contribution < -0.4 is 9.47 Å². The molecular weight excluding hydrogens is 494 g/mol. The maximum absolute atomic E-state index is 13.0. The Kier molecular flexibility index (Phi) is 9.56. The fourth-order valence-corrected chi connectivity index (χ4v) is 3.74. The summed E-state index contributed by atoms with van der Waals surface area (Å²) < 4.78 is 28.1. The zero-order chi connectivity index (χ0) is 23.6. The van der Waals surface area contributed by atoms with Crippen molar-refractivity contribution in [1.82, 2.24) is 4.90 Å². The molecule has 2 atom stereocenters. The highest BCUT2D eigenvalue weighted by molar-refractivity contribution is 9.10. The van der Waals surface area contributed by atoms with Crippen LogP contribution in [0, 0.1) is 0 Å². The molecule has 1 N–H and O–H groups in total. The van der Waals surface area contributed by atoms with E-state index < -0.39 is 18.2 Å². The number of rotatable bonds is 12. The van der Waals surface area contributed by atoms with Gasteiger partial charge in [0, 0.05) is 29.8 Å². The van der Waals surface area contributed by atoms with Crippen LogP contribution in [0.3, 0.4) is 0 Å². The maximum atomic E-state index is 13.0. The highest BCUT2D eigenvalue weighted by Gasteiger charge is 2.41. The lowest BCUT2D eigenvalue weighted by molar-refractivity contribution is -0.00860. The Morgan fingerprint density at radius 1 is 1.24 bits per heavy atom. The van der Waals surface area contributed by atoms with Gasteiger partial charge in [0.25, 0.3) is 0 Å². The zero-order valence-electron chi connectivity index (χ0n) is 18.4. The third-order valence-electron chi connectivity index (χ3n) is 5.02. The first-order valence-electron chi connectivity index (χ1n) is 10.5. The zero-order valence-corrected chi connectivity index (χ0v) is 20.0. The van der Waals surface area contributed by atoms with Crippen LogP contribution >= 0.6 is 15.9 Å². The molecule has 0 saturated carbocycles. The molecule has 1 amide bonds. The summed E-state index contributed by atoms with van der Waals surface area (Å²) >= 11 is 3.42. The van der Waals surface area contributed by atoms with Crippen LogP contribution in [0.5, 0.6) is 11.5 Å². The van der Waals surface area contributed by atoms with Crippen molar-refractivity contribution in [1.29, 1.82) is 0 Å². The van der Waals surface area contributed by atoms with Gasteiger partial charge in [-0.1, -0.05) is 40.7 Å². The largest absolute Gasteiger partial charge is 0.485 e. The number of hydrogen-bond donors (Lipinski definition) is 1. The number of carbonyl (C=O) groups excluding carboxylic acids is 1. The summed E-state index contributed by atoms with van der Waals surface area (Å²) in [5, 5.41) is 10.0. The fourth-order valence-electron chi connectivity index (χ4n) is 3.47. The van der Waals surface area contributed by atoms with E-state index in [0.717, 1.165) is 15.6 Å². The van der Waals surface area contributed by atoms with Gasteiger partial charge in [-0.2, -0.15) is 0 Å². The number of ether oxygens (including phenoxy) is 5. The summed E-state index contributed by atoms with van der Waals surface area (Å²) in [4.78, 5) is 14.5. The monoisotopic (exact) mass is 521 g/mol. The number of carbonyl (C=O) groups is 1. The van der Waals surface area contributed by atoms with Gasteiger partial charge in [0.15, 0.2) is 6.79 Å². The van der Waals surface area contributed by atoms with Crippen molar-refractivity contribution in [3.05, 3.63) is 70.7 Å². The Morgan fingerprint density at radius 3 is 2.73 bits per heavy atom. The number of hydrogen-bond acceptors (Lipinski definition) is 7. The molecule has 0 fully saturated rings. The molecule has 0 saturated heterocycles. The lowest BCUT2D eigenvalue weighted by Crippen LogP contribution is -2.41. The van der Waals surface area contributed by atoms with E-state index >= 15 is 0 Å². The predicted molar refractivity (Wildman–Crippen MR) is 125 cm³/mol. The van der Waals surface area contributed by atoms with E-state index in [2.05, 4.69) is 22.5 Å². The molecule has 9 heteroatoms. The average molecular weight is 522 g/mol. The summed E-state index contributed by atoms with van der Waals surface area (Å²) in [5.41, 5.74) is 1.67. The van der Waals surface area contributed by atoms with Crippen molar-refractivity contribution in [2.45, 2.75) is 18.7 Å². The molecule has 0 spiro atoms. The number of amides is 1. The normalized spacial score (nSPS) is 16.6. The molecule has 0 bridgehead atoms. The van der Waals surface area contributed by atoms with Crippen LogP contribution in [0.1, 0.15) is 17.2 Å². The molecule has 1 heterocycles. The lowest BCUT2D eigenvalue weighted by atomic mass is 10.0. The summed E-state index contributed by atoms with van der Waals surface area (Å²) in [7, 11) is 1.60. The standard InChI is InChI=1S/C24H28BrNO7/c1-3-10-31-24(28)26(14-17-4-6-18(25)7-5-17)23-20-9-8-19(32-16-30-12-11-29-2)13-21(20)33-22(23)15-27/h3-9,13,22-23,27H,1,10-12,14-16H2,2H3/t22-,23+/m1/s1. The molecular formula is C24H28BrNO7. The van der Waals surface area contributed by atoms with Gasteiger partial charge in [0.05, 0.1) is 19.8 Å². The van der Waals surface area contributed by atoms with Crippen LogP contribution in [-0.4, -0.2) is 62.5 Å². The van der Waals surface area contributed by atoms with Crippen molar-refractivity contribution in [3.8, 4) is 11.5 Å². The van der Waals surface area contributed by atoms with Crippen molar-refractivity contribution < 1.29 is 33.6 Å². The van der Waals surface area contributed by atoms with E-state index in [4.69, 9.17) is 23.7 Å². The molecule has 178 valence electrons. The molecule has 2 aromatic rings. The second-order valence-electron chi connectivity index (χ2n) is 7.27. The minimum atomic E-state index is -0.653. The van der Waals surface area contributed by atoms with E-state index in [0.29, 0.717) is 24.7 Å². The second-order valence-corrected chi connectivity index (χ2v) is 8.18. The molecule has 33 heavy (non-hydrogen) atoms. The first-order valence-corrected chi connectivity index (χ1v) is 11.3. The third kappa shape index (κ3) is 6.70. The molecule has 2 aromatic carbocycles. The first-order chi connectivity index (χ1) is 16.1. The van der Waals surface area contributed by atoms with Crippen molar-refractivity contribution >= 4 is 22.0 Å². The number of aliphatic hydroxyl groups excluding tert-OH is 1. The fraction of sp³-hybridized carbons (Fsp3) is 0.375. The minimum absolute atomic E-state index is 0.0680. The highest BCUT2D eigenvalue weighted by Crippen LogP contribution is 2.43. The van der Waals surface area contributed by atoms with Crippen molar-refractivity contribution in [2.24, 2.45) is 0 Å². The van der Waals surface area contributed by atoms with Crippen LogP contribution in [0.2, 0.25) is 0 Å². The number of benzene rings is 2.